The van der Waals surface area contributed by atoms with Crippen LogP contribution >= 0.6 is 7.82 Å². The molecule has 0 fully saturated rings. The van der Waals surface area contributed by atoms with Crippen LogP contribution in [0.1, 0.15) is 121 Å². The zero-order valence-corrected chi connectivity index (χ0v) is 30.7. The summed E-state index contributed by atoms with van der Waals surface area (Å²) in [6.07, 6.45) is 19.6. The largest absolute Gasteiger partial charge is 0.491 e. The number of hydrogen-bond donors (Lipinski definition) is 1. The van der Waals surface area contributed by atoms with Crippen molar-refractivity contribution in [3.8, 4) is 5.75 Å². The van der Waals surface area contributed by atoms with E-state index >= 15 is 0 Å². The monoisotopic (exact) mass is 693 g/mol. The molecule has 0 bridgehead atoms. The van der Waals surface area contributed by atoms with Gasteiger partial charge in [0.1, 0.15) is 12.4 Å². The molecule has 0 unspecified atom stereocenters. The van der Waals surface area contributed by atoms with Gasteiger partial charge in [-0.3, -0.25) is 18.4 Å². The van der Waals surface area contributed by atoms with Crippen LogP contribution in [-0.2, 0) is 36.1 Å². The third kappa shape index (κ3) is 19.7. The first kappa shape index (κ1) is 40.5. The van der Waals surface area contributed by atoms with Gasteiger partial charge >= 0.3 is 7.82 Å². The van der Waals surface area contributed by atoms with Crippen molar-refractivity contribution in [2.75, 3.05) is 13.2 Å². The molecule has 0 heterocycles. The molecule has 7 nitrogen and oxygen atoms in total. The minimum atomic E-state index is -4.00. The van der Waals surface area contributed by atoms with Gasteiger partial charge in [0.25, 0.3) is 0 Å². The number of hydrogen-bond acceptors (Lipinski definition) is 6. The van der Waals surface area contributed by atoms with Crippen molar-refractivity contribution < 1.29 is 27.7 Å². The highest BCUT2D eigenvalue weighted by atomic mass is 31.2. The number of phosphoric ester groups is 1. The Morgan fingerprint density at radius 1 is 0.571 bits per heavy atom. The van der Waals surface area contributed by atoms with Crippen LogP contribution in [-0.4, -0.2) is 25.2 Å². The highest BCUT2D eigenvalue weighted by molar-refractivity contribution is 7.48. The number of carbonyl (C=O) groups is 1. The van der Waals surface area contributed by atoms with Gasteiger partial charge in [-0.2, -0.15) is 0 Å². The second-order valence-electron chi connectivity index (χ2n) is 12.8. The SMILES string of the molecule is CCCCCCCCCCCCCCCCCC(=O)N[C@@H](COc1ccccc1)COP(=O)(OCc1ccccc1)OCc1ccccc1. The number of rotatable bonds is 29. The van der Waals surface area contributed by atoms with Crippen LogP contribution in [0.2, 0.25) is 0 Å². The molecule has 0 saturated carbocycles. The molecule has 0 aliphatic carbocycles. The third-order valence-corrected chi connectivity index (χ3v) is 9.82. The van der Waals surface area contributed by atoms with Crippen LogP contribution in [0.15, 0.2) is 91.0 Å². The summed E-state index contributed by atoms with van der Waals surface area (Å²) in [4.78, 5) is 13.0. The minimum Gasteiger partial charge on any atom is -0.491 e. The molecule has 8 heteroatoms. The van der Waals surface area contributed by atoms with E-state index in [1.807, 2.05) is 91.0 Å². The van der Waals surface area contributed by atoms with E-state index in [0.717, 1.165) is 30.4 Å². The van der Waals surface area contributed by atoms with Crippen LogP contribution in [0.25, 0.3) is 0 Å². The smallest absolute Gasteiger partial charge is 0.475 e. The van der Waals surface area contributed by atoms with Crippen molar-refractivity contribution in [2.24, 2.45) is 0 Å². The maximum atomic E-state index is 13.8. The standard InChI is InChI=1S/C41H60NO6P/c1-2-3-4-5-6-7-8-9-10-11-12-13-14-15-25-32-41(43)42-39(35-45-40-30-23-18-24-31-40)36-48-49(44,46-33-37-26-19-16-20-27-37)47-34-38-28-21-17-22-29-38/h16-24,26-31,39H,2-15,25,32-36H2,1H3,(H,42,43)/t39-/m0/s1. The Hall–Kier alpha value is -2.96. The number of carbonyl (C=O) groups excluding carboxylic acids is 1. The fraction of sp³-hybridized carbons (Fsp3) is 0.537. The first-order chi connectivity index (χ1) is 24.1. The number of nitrogens with one attached hydrogen (secondary N) is 1. The molecular formula is C41H60NO6P. The van der Waals surface area contributed by atoms with E-state index in [0.29, 0.717) is 12.2 Å². The maximum absolute atomic E-state index is 13.8. The molecule has 270 valence electrons. The number of para-hydroxylation sites is 1. The van der Waals surface area contributed by atoms with Gasteiger partial charge < -0.3 is 10.1 Å². The van der Waals surface area contributed by atoms with Crippen molar-refractivity contribution in [3.63, 3.8) is 0 Å². The average Bonchev–Trinajstić information content (AvgIpc) is 3.14. The fourth-order valence-electron chi connectivity index (χ4n) is 5.55. The second-order valence-corrected chi connectivity index (χ2v) is 14.5. The first-order valence-corrected chi connectivity index (χ1v) is 20.1. The van der Waals surface area contributed by atoms with Gasteiger partial charge in [0.15, 0.2) is 0 Å². The number of benzene rings is 3. The number of phosphoric acid groups is 1. The Morgan fingerprint density at radius 3 is 1.47 bits per heavy atom. The van der Waals surface area contributed by atoms with Crippen molar-refractivity contribution >= 4 is 13.7 Å². The second kappa shape index (κ2) is 25.9. The Balaban J connectivity index is 1.41. The van der Waals surface area contributed by atoms with Crippen molar-refractivity contribution in [1.29, 1.82) is 0 Å². The summed E-state index contributed by atoms with van der Waals surface area (Å²) in [5.41, 5.74) is 1.69. The van der Waals surface area contributed by atoms with E-state index in [1.165, 1.54) is 77.0 Å². The summed E-state index contributed by atoms with van der Waals surface area (Å²) in [7, 11) is -4.00. The van der Waals surface area contributed by atoms with E-state index in [9.17, 15) is 9.36 Å². The molecule has 0 aromatic heterocycles. The summed E-state index contributed by atoms with van der Waals surface area (Å²) in [5, 5.41) is 3.04. The molecule has 3 aromatic carbocycles. The van der Waals surface area contributed by atoms with Gasteiger partial charge in [-0.1, -0.05) is 176 Å². The van der Waals surface area contributed by atoms with E-state index in [2.05, 4.69) is 12.2 Å². The molecule has 1 atom stereocenters. The number of ether oxygens (including phenoxy) is 1. The highest BCUT2D eigenvalue weighted by Crippen LogP contribution is 2.51. The topological polar surface area (TPSA) is 83.1 Å². The number of amides is 1. The van der Waals surface area contributed by atoms with Crippen LogP contribution in [0.4, 0.5) is 0 Å². The van der Waals surface area contributed by atoms with E-state index in [-0.39, 0.29) is 32.3 Å². The first-order valence-electron chi connectivity index (χ1n) is 18.6. The Kier molecular flexibility index (Phi) is 21.4. The van der Waals surface area contributed by atoms with Gasteiger partial charge in [0.2, 0.25) is 5.91 Å². The molecule has 1 N–H and O–H groups in total. The van der Waals surface area contributed by atoms with Crippen molar-refractivity contribution in [2.45, 2.75) is 129 Å². The summed E-state index contributed by atoms with van der Waals surface area (Å²) in [6.45, 7) is 2.43. The molecule has 0 aliphatic heterocycles. The lowest BCUT2D eigenvalue weighted by Gasteiger charge is -2.23. The van der Waals surface area contributed by atoms with Gasteiger partial charge in [-0.15, -0.1) is 0 Å². The average molecular weight is 694 g/mol. The van der Waals surface area contributed by atoms with Gasteiger partial charge in [0.05, 0.1) is 25.9 Å². The molecule has 3 rings (SSSR count). The predicted molar refractivity (Wildman–Crippen MR) is 199 cm³/mol. The zero-order valence-electron chi connectivity index (χ0n) is 29.8. The van der Waals surface area contributed by atoms with Crippen LogP contribution in [0, 0.1) is 0 Å². The van der Waals surface area contributed by atoms with Crippen molar-refractivity contribution in [1.82, 2.24) is 5.32 Å². The van der Waals surface area contributed by atoms with E-state index in [4.69, 9.17) is 18.3 Å². The number of unbranched alkanes of at least 4 members (excludes halogenated alkanes) is 14. The van der Waals surface area contributed by atoms with Crippen molar-refractivity contribution in [3.05, 3.63) is 102 Å². The van der Waals surface area contributed by atoms with Gasteiger partial charge in [-0.05, 0) is 29.7 Å². The maximum Gasteiger partial charge on any atom is 0.475 e. The summed E-state index contributed by atoms with van der Waals surface area (Å²) < 4.78 is 37.2. The zero-order chi connectivity index (χ0) is 34.7. The highest BCUT2D eigenvalue weighted by Gasteiger charge is 2.29. The fourth-order valence-corrected chi connectivity index (χ4v) is 6.75. The predicted octanol–water partition coefficient (Wildman–Crippen LogP) is 11.4. The third-order valence-electron chi connectivity index (χ3n) is 8.47. The van der Waals surface area contributed by atoms with E-state index in [1.54, 1.807) is 0 Å². The lowest BCUT2D eigenvalue weighted by atomic mass is 10.0. The summed E-state index contributed by atoms with van der Waals surface area (Å²) >= 11 is 0. The normalized spacial score (nSPS) is 12.1. The molecule has 0 aliphatic rings. The van der Waals surface area contributed by atoms with Crippen LogP contribution in [0.5, 0.6) is 5.75 Å². The summed E-state index contributed by atoms with van der Waals surface area (Å²) in [6, 6.07) is 27.8. The Morgan fingerprint density at radius 2 is 1.00 bits per heavy atom. The molecular weight excluding hydrogens is 633 g/mol. The molecule has 0 saturated heterocycles. The van der Waals surface area contributed by atoms with Gasteiger partial charge in [0, 0.05) is 6.42 Å². The Labute approximate surface area is 296 Å². The lowest BCUT2D eigenvalue weighted by Crippen LogP contribution is -2.42. The molecule has 0 spiro atoms. The molecule has 0 radical (unpaired) electrons. The minimum absolute atomic E-state index is 0.0592. The lowest BCUT2D eigenvalue weighted by molar-refractivity contribution is -0.122. The molecule has 49 heavy (non-hydrogen) atoms. The summed E-state index contributed by atoms with van der Waals surface area (Å²) in [5.74, 6) is 0.596. The van der Waals surface area contributed by atoms with E-state index < -0.39 is 13.9 Å². The Bertz CT molecular complexity index is 1230. The molecule has 1 amide bonds. The molecule has 3 aromatic rings. The van der Waals surface area contributed by atoms with Gasteiger partial charge in [-0.25, -0.2) is 4.57 Å². The van der Waals surface area contributed by atoms with Crippen LogP contribution in [0.3, 0.4) is 0 Å². The quantitative estimate of drug-likeness (QED) is 0.0575. The van der Waals surface area contributed by atoms with Crippen LogP contribution < -0.4 is 10.1 Å².